The number of aliphatic hydroxyl groups is 1. The van der Waals surface area contributed by atoms with Crippen molar-refractivity contribution in [3.05, 3.63) is 28.9 Å². The molecule has 2 aromatic rings. The molecule has 0 atom stereocenters. The summed E-state index contributed by atoms with van der Waals surface area (Å²) >= 11 is 1.58. The summed E-state index contributed by atoms with van der Waals surface area (Å²) in [6, 6.07) is 0. The first-order valence-corrected chi connectivity index (χ1v) is 8.25. The Bertz CT molecular complexity index is 611. The van der Waals surface area contributed by atoms with Crippen LogP contribution in [0.2, 0.25) is 0 Å². The van der Waals surface area contributed by atoms with E-state index in [1.807, 2.05) is 18.3 Å². The second-order valence-electron chi connectivity index (χ2n) is 6.07. The van der Waals surface area contributed by atoms with Crippen molar-refractivity contribution in [3.63, 3.8) is 0 Å². The molecular weight excluding hydrogens is 298 g/mol. The maximum Gasteiger partial charge on any atom is 0.218 e. The average molecular weight is 321 g/mol. The molecule has 2 heterocycles. The molecule has 0 saturated carbocycles. The fraction of sp³-hybridized carbons (Fsp3) is 0.500. The van der Waals surface area contributed by atoms with Gasteiger partial charge in [-0.2, -0.15) is 0 Å². The Labute approximate surface area is 135 Å². The van der Waals surface area contributed by atoms with Gasteiger partial charge in [0.2, 0.25) is 5.89 Å². The fourth-order valence-electron chi connectivity index (χ4n) is 1.74. The van der Waals surface area contributed by atoms with Gasteiger partial charge in [0.25, 0.3) is 0 Å². The molecule has 0 aliphatic rings. The Morgan fingerprint density at radius 3 is 2.73 bits per heavy atom. The molecule has 2 aromatic heterocycles. The van der Waals surface area contributed by atoms with Crippen LogP contribution in [0.3, 0.4) is 0 Å². The number of aromatic nitrogens is 2. The van der Waals surface area contributed by atoms with E-state index in [2.05, 4.69) is 36.1 Å². The van der Waals surface area contributed by atoms with Gasteiger partial charge < -0.3 is 14.8 Å². The first-order chi connectivity index (χ1) is 10.5. The van der Waals surface area contributed by atoms with Crippen molar-refractivity contribution in [1.29, 1.82) is 0 Å². The molecule has 0 saturated heterocycles. The highest BCUT2D eigenvalue weighted by molar-refractivity contribution is 7.16. The Hall–Kier alpha value is -1.66. The van der Waals surface area contributed by atoms with Crippen LogP contribution in [0.15, 0.2) is 16.8 Å². The molecule has 5 nitrogen and oxygen atoms in total. The lowest BCUT2D eigenvalue weighted by Crippen LogP contribution is -2.09. The summed E-state index contributed by atoms with van der Waals surface area (Å²) in [6.07, 6.45) is 9.16. The van der Waals surface area contributed by atoms with Gasteiger partial charge in [-0.05, 0) is 18.9 Å². The van der Waals surface area contributed by atoms with Gasteiger partial charge >= 0.3 is 0 Å². The molecule has 0 spiro atoms. The third-order valence-electron chi connectivity index (χ3n) is 3.04. The predicted molar refractivity (Wildman–Crippen MR) is 91.1 cm³/mol. The Morgan fingerprint density at radius 2 is 2.05 bits per heavy atom. The standard InChI is InChI=1S/C16H23N3O2S/c1-16(2,3)13-11-18-14(21-13)7-6-12-10-19-15(22-12)17-8-4-5-9-20/h6-7,10-11,20H,4-5,8-9H2,1-3H3,(H,17,19). The van der Waals surface area contributed by atoms with Crippen LogP contribution < -0.4 is 5.32 Å². The van der Waals surface area contributed by atoms with Gasteiger partial charge in [0, 0.05) is 35.7 Å². The summed E-state index contributed by atoms with van der Waals surface area (Å²) in [5, 5.41) is 12.9. The monoisotopic (exact) mass is 321 g/mol. The Balaban J connectivity index is 1.90. The zero-order valence-corrected chi connectivity index (χ0v) is 14.1. The quantitative estimate of drug-likeness (QED) is 0.759. The maximum atomic E-state index is 8.73. The van der Waals surface area contributed by atoms with E-state index in [0.717, 1.165) is 35.2 Å². The number of anilines is 1. The molecule has 0 bridgehead atoms. The second kappa shape index (κ2) is 7.56. The van der Waals surface area contributed by atoms with Crippen LogP contribution in [0, 0.1) is 0 Å². The van der Waals surface area contributed by atoms with Crippen molar-refractivity contribution in [1.82, 2.24) is 9.97 Å². The van der Waals surface area contributed by atoms with Gasteiger partial charge in [0.05, 0.1) is 6.20 Å². The Morgan fingerprint density at radius 1 is 1.23 bits per heavy atom. The lowest BCUT2D eigenvalue weighted by molar-refractivity contribution is 0.286. The lowest BCUT2D eigenvalue weighted by atomic mass is 9.94. The highest BCUT2D eigenvalue weighted by Crippen LogP contribution is 2.24. The van der Waals surface area contributed by atoms with E-state index < -0.39 is 0 Å². The number of nitrogens with zero attached hydrogens (tertiary/aromatic N) is 2. The second-order valence-corrected chi connectivity index (χ2v) is 7.13. The number of rotatable bonds is 7. The van der Waals surface area contributed by atoms with Crippen LogP contribution >= 0.6 is 11.3 Å². The molecule has 22 heavy (non-hydrogen) atoms. The number of oxazole rings is 1. The third kappa shape index (κ3) is 4.96. The molecule has 0 radical (unpaired) electrons. The minimum Gasteiger partial charge on any atom is -0.441 e. The van der Waals surface area contributed by atoms with Crippen LogP contribution in [0.4, 0.5) is 5.13 Å². The van der Waals surface area contributed by atoms with Crippen LogP contribution in [0.5, 0.6) is 0 Å². The molecule has 2 N–H and O–H groups in total. The molecule has 120 valence electrons. The van der Waals surface area contributed by atoms with Gasteiger partial charge in [-0.25, -0.2) is 9.97 Å². The van der Waals surface area contributed by atoms with E-state index in [-0.39, 0.29) is 12.0 Å². The number of aliphatic hydroxyl groups excluding tert-OH is 1. The van der Waals surface area contributed by atoms with Gasteiger partial charge in [-0.3, -0.25) is 0 Å². The summed E-state index contributed by atoms with van der Waals surface area (Å²) < 4.78 is 5.72. The Kier molecular flexibility index (Phi) is 5.74. The first kappa shape index (κ1) is 16.7. The van der Waals surface area contributed by atoms with E-state index in [4.69, 9.17) is 9.52 Å². The van der Waals surface area contributed by atoms with E-state index in [9.17, 15) is 0 Å². The fourth-order valence-corrected chi connectivity index (χ4v) is 2.49. The number of nitrogens with one attached hydrogen (secondary N) is 1. The first-order valence-electron chi connectivity index (χ1n) is 7.44. The summed E-state index contributed by atoms with van der Waals surface area (Å²) in [7, 11) is 0. The molecule has 0 aliphatic heterocycles. The van der Waals surface area contributed by atoms with Crippen molar-refractivity contribution < 1.29 is 9.52 Å². The van der Waals surface area contributed by atoms with Gasteiger partial charge in [-0.15, -0.1) is 0 Å². The van der Waals surface area contributed by atoms with Crippen molar-refractivity contribution >= 4 is 28.6 Å². The zero-order chi connectivity index (χ0) is 16.0. The minimum atomic E-state index is -0.0325. The van der Waals surface area contributed by atoms with Crippen molar-refractivity contribution in [2.24, 2.45) is 0 Å². The summed E-state index contributed by atoms with van der Waals surface area (Å²) in [5.41, 5.74) is -0.0325. The third-order valence-corrected chi connectivity index (χ3v) is 3.96. The molecule has 0 aromatic carbocycles. The van der Waals surface area contributed by atoms with E-state index in [1.165, 1.54) is 0 Å². The maximum absolute atomic E-state index is 8.73. The molecule has 2 rings (SSSR count). The SMILES string of the molecule is CC(C)(C)c1cnc(C=Cc2cnc(NCCCCO)s2)o1. The van der Waals surface area contributed by atoms with Crippen LogP contribution in [0.1, 0.15) is 50.1 Å². The van der Waals surface area contributed by atoms with Gasteiger partial charge in [-0.1, -0.05) is 32.1 Å². The molecule has 0 fully saturated rings. The predicted octanol–water partition coefficient (Wildman–Crippen LogP) is 3.78. The number of hydrogen-bond acceptors (Lipinski definition) is 6. The highest BCUT2D eigenvalue weighted by Gasteiger charge is 2.18. The summed E-state index contributed by atoms with van der Waals surface area (Å²) in [5.74, 6) is 1.48. The van der Waals surface area contributed by atoms with E-state index in [1.54, 1.807) is 17.5 Å². The van der Waals surface area contributed by atoms with Crippen molar-refractivity contribution in [3.8, 4) is 0 Å². The van der Waals surface area contributed by atoms with Gasteiger partial charge in [0.1, 0.15) is 5.76 Å². The minimum absolute atomic E-state index is 0.0325. The van der Waals surface area contributed by atoms with Crippen molar-refractivity contribution in [2.75, 3.05) is 18.5 Å². The van der Waals surface area contributed by atoms with Crippen molar-refractivity contribution in [2.45, 2.75) is 39.0 Å². The van der Waals surface area contributed by atoms with Gasteiger partial charge in [0.15, 0.2) is 5.13 Å². The largest absolute Gasteiger partial charge is 0.441 e. The highest BCUT2D eigenvalue weighted by atomic mass is 32.1. The summed E-state index contributed by atoms with van der Waals surface area (Å²) in [4.78, 5) is 9.62. The van der Waals surface area contributed by atoms with Crippen LogP contribution in [-0.4, -0.2) is 28.2 Å². The molecule has 0 amide bonds. The number of thiazole rings is 1. The zero-order valence-electron chi connectivity index (χ0n) is 13.3. The molecule has 6 heteroatoms. The average Bonchev–Trinajstić information content (AvgIpc) is 3.10. The van der Waals surface area contributed by atoms with Crippen LogP contribution in [-0.2, 0) is 5.41 Å². The van der Waals surface area contributed by atoms with Crippen LogP contribution in [0.25, 0.3) is 12.2 Å². The van der Waals surface area contributed by atoms with E-state index >= 15 is 0 Å². The summed E-state index contributed by atoms with van der Waals surface area (Å²) in [6.45, 7) is 7.35. The molecule has 0 unspecified atom stereocenters. The topological polar surface area (TPSA) is 71.2 Å². The normalized spacial score (nSPS) is 12.2. The van der Waals surface area contributed by atoms with E-state index in [0.29, 0.717) is 5.89 Å². The lowest BCUT2D eigenvalue weighted by Gasteiger charge is -2.12. The number of hydrogen-bond donors (Lipinski definition) is 2. The molecule has 0 aliphatic carbocycles. The molecular formula is C16H23N3O2S. The number of unbranched alkanes of at least 4 members (excludes halogenated alkanes) is 1. The smallest absolute Gasteiger partial charge is 0.218 e.